The van der Waals surface area contributed by atoms with Gasteiger partial charge in [0.1, 0.15) is 11.5 Å². The first-order valence-corrected chi connectivity index (χ1v) is 20.1. The number of piperidine rings is 3. The zero-order valence-electron chi connectivity index (χ0n) is 31.4. The Labute approximate surface area is 322 Å². The van der Waals surface area contributed by atoms with E-state index in [2.05, 4.69) is 78.7 Å². The van der Waals surface area contributed by atoms with Gasteiger partial charge in [0, 0.05) is 69.4 Å². The number of hydrogen-bond donors (Lipinski definition) is 2. The van der Waals surface area contributed by atoms with E-state index in [4.69, 9.17) is 0 Å². The van der Waals surface area contributed by atoms with Crippen LogP contribution >= 0.6 is 0 Å². The number of phenolic OH excluding ortho intramolecular Hbond substituents is 1. The molecule has 4 aromatic rings. The molecule has 5 fully saturated rings. The molecule has 0 unspecified atom stereocenters. The quantitative estimate of drug-likeness (QED) is 0.196. The van der Waals surface area contributed by atoms with E-state index in [1.807, 2.05) is 24.3 Å². The summed E-state index contributed by atoms with van der Waals surface area (Å²) in [5, 5.41) is 21.4. The van der Waals surface area contributed by atoms with Crippen molar-refractivity contribution in [1.29, 1.82) is 0 Å². The van der Waals surface area contributed by atoms with Crippen LogP contribution in [-0.2, 0) is 19.8 Å². The van der Waals surface area contributed by atoms with Crippen LogP contribution in [-0.4, -0.2) is 83.6 Å². The number of para-hydroxylation sites is 1. The molecule has 4 aliphatic heterocycles. The highest BCUT2D eigenvalue weighted by Gasteiger charge is 2.57. The number of ketones is 1. The Morgan fingerprint density at radius 1 is 0.818 bits per heavy atom. The summed E-state index contributed by atoms with van der Waals surface area (Å²) in [6.45, 7) is 6.94. The normalized spacial score (nSPS) is 22.9. The Bertz CT molecular complexity index is 2040. The van der Waals surface area contributed by atoms with Crippen molar-refractivity contribution in [2.75, 3.05) is 55.6 Å². The Morgan fingerprint density at radius 2 is 1.51 bits per heavy atom. The summed E-state index contributed by atoms with van der Waals surface area (Å²) in [5.41, 5.74) is 5.42. The molecular formula is C45H50N6O4. The maximum Gasteiger partial charge on any atom is 0.234 e. The summed E-state index contributed by atoms with van der Waals surface area (Å²) in [4.78, 5) is 45.9. The molecule has 284 valence electrons. The van der Waals surface area contributed by atoms with Gasteiger partial charge in [-0.05, 0) is 97.7 Å². The number of benzene rings is 3. The number of nitrogens with zero attached hydrogens (tertiary/aromatic N) is 5. The first kappa shape index (κ1) is 35.6. The standard InChI is InChI=1S/C45H50N6O4/c52-40-9-5-4-8-38(40)39-24-36(27-46-48-39)51-22-18-45(19-23-51,34-6-2-1-3-7-34)42(54)33-25-44(26-33)29-49(30-44)28-31-16-20-50(21-17-31)35-12-10-32(11-13-35)37-14-15-41(53)47-43(37)55/h1-13,24,27,31,33,37,52H,14-23,25-26,28-30H2,(H,47,53,55)/t37-/m0/s1. The summed E-state index contributed by atoms with van der Waals surface area (Å²) in [7, 11) is 0. The van der Waals surface area contributed by atoms with E-state index in [0.717, 1.165) is 88.3 Å². The van der Waals surface area contributed by atoms with E-state index in [0.29, 0.717) is 41.2 Å². The van der Waals surface area contributed by atoms with Crippen molar-refractivity contribution in [3.05, 3.63) is 102 Å². The van der Waals surface area contributed by atoms with Gasteiger partial charge in [0.2, 0.25) is 11.8 Å². The lowest BCUT2D eigenvalue weighted by Gasteiger charge is -2.60. The Hall–Kier alpha value is -5.09. The van der Waals surface area contributed by atoms with Gasteiger partial charge in [-0.2, -0.15) is 10.2 Å². The molecule has 1 aromatic heterocycles. The zero-order valence-corrected chi connectivity index (χ0v) is 31.4. The maximum absolute atomic E-state index is 14.6. The van der Waals surface area contributed by atoms with Crippen LogP contribution in [0.4, 0.5) is 11.4 Å². The molecule has 55 heavy (non-hydrogen) atoms. The minimum Gasteiger partial charge on any atom is -0.507 e. The third-order valence-electron chi connectivity index (χ3n) is 13.5. The van der Waals surface area contributed by atoms with Crippen LogP contribution in [0, 0.1) is 17.3 Å². The third kappa shape index (κ3) is 6.90. The van der Waals surface area contributed by atoms with Crippen LogP contribution < -0.4 is 15.1 Å². The number of carbonyl (C=O) groups excluding carboxylic acids is 3. The van der Waals surface area contributed by atoms with E-state index in [-0.39, 0.29) is 29.4 Å². The molecule has 1 atom stereocenters. The fraction of sp³-hybridized carbons (Fsp3) is 0.444. The first-order valence-electron chi connectivity index (χ1n) is 20.1. The number of rotatable bonds is 9. The molecular weight excluding hydrogens is 689 g/mol. The number of hydrogen-bond acceptors (Lipinski definition) is 9. The SMILES string of the molecule is O=C1CC[C@@H](c2ccc(N3CCC(CN4CC5(CC(C(=O)C6(c7ccccc7)CCN(c7cnnc(-c8ccccc8O)c7)CC6)C5)C4)CC3)cc2)C(=O)N1. The second-order valence-corrected chi connectivity index (χ2v) is 16.9. The molecule has 1 saturated carbocycles. The van der Waals surface area contributed by atoms with E-state index >= 15 is 0 Å². The highest BCUT2D eigenvalue weighted by atomic mass is 16.3. The van der Waals surface area contributed by atoms with E-state index < -0.39 is 5.41 Å². The van der Waals surface area contributed by atoms with Crippen LogP contribution in [0.1, 0.15) is 68.4 Å². The minimum absolute atomic E-state index is 0.119. The van der Waals surface area contributed by atoms with Gasteiger partial charge in [-0.3, -0.25) is 19.7 Å². The predicted molar refractivity (Wildman–Crippen MR) is 212 cm³/mol. The van der Waals surface area contributed by atoms with Gasteiger partial charge in [-0.1, -0.05) is 54.6 Å². The summed E-state index contributed by atoms with van der Waals surface area (Å²) >= 11 is 0. The van der Waals surface area contributed by atoms with Gasteiger partial charge in [0.05, 0.1) is 28.9 Å². The monoisotopic (exact) mass is 738 g/mol. The lowest BCUT2D eigenvalue weighted by atomic mass is 9.52. The molecule has 10 heteroatoms. The average Bonchev–Trinajstić information content (AvgIpc) is 3.19. The van der Waals surface area contributed by atoms with Crippen LogP contribution in [0.2, 0.25) is 0 Å². The molecule has 9 rings (SSSR count). The highest BCUT2D eigenvalue weighted by Crippen LogP contribution is 2.55. The molecule has 2 N–H and O–H groups in total. The summed E-state index contributed by atoms with van der Waals surface area (Å²) < 4.78 is 0. The smallest absolute Gasteiger partial charge is 0.234 e. The predicted octanol–water partition coefficient (Wildman–Crippen LogP) is 6.11. The Balaban J connectivity index is 0.768. The van der Waals surface area contributed by atoms with Crippen molar-refractivity contribution in [2.45, 2.75) is 62.7 Å². The molecule has 1 aliphatic carbocycles. The molecule has 5 aliphatic rings. The fourth-order valence-corrected chi connectivity index (χ4v) is 10.5. The van der Waals surface area contributed by atoms with Crippen LogP contribution in [0.5, 0.6) is 5.75 Å². The van der Waals surface area contributed by atoms with Crippen molar-refractivity contribution in [3.63, 3.8) is 0 Å². The summed E-state index contributed by atoms with van der Waals surface area (Å²) in [6.07, 6.45) is 8.64. The lowest BCUT2D eigenvalue weighted by Crippen LogP contribution is -2.65. The van der Waals surface area contributed by atoms with Gasteiger partial charge in [0.25, 0.3) is 0 Å². The van der Waals surface area contributed by atoms with Crippen molar-refractivity contribution >= 4 is 29.0 Å². The molecule has 4 saturated heterocycles. The molecule has 0 radical (unpaired) electrons. The number of phenols is 1. The van der Waals surface area contributed by atoms with Crippen molar-refractivity contribution in [3.8, 4) is 17.0 Å². The van der Waals surface area contributed by atoms with Crippen molar-refractivity contribution < 1.29 is 19.5 Å². The number of nitrogens with one attached hydrogen (secondary N) is 1. The minimum atomic E-state index is -0.478. The Kier molecular flexibility index (Phi) is 9.40. The molecule has 2 amide bonds. The molecule has 0 bridgehead atoms. The van der Waals surface area contributed by atoms with Crippen LogP contribution in [0.15, 0.2) is 91.1 Å². The van der Waals surface area contributed by atoms with Crippen molar-refractivity contribution in [1.82, 2.24) is 20.4 Å². The third-order valence-corrected chi connectivity index (χ3v) is 13.5. The maximum atomic E-state index is 14.6. The average molecular weight is 739 g/mol. The lowest BCUT2D eigenvalue weighted by molar-refractivity contribution is -0.149. The number of carbonyl (C=O) groups is 3. The van der Waals surface area contributed by atoms with Gasteiger partial charge in [0.15, 0.2) is 0 Å². The van der Waals surface area contributed by atoms with E-state index in [1.165, 1.54) is 18.5 Å². The largest absolute Gasteiger partial charge is 0.507 e. The number of likely N-dealkylation sites (tertiary alicyclic amines) is 1. The number of anilines is 2. The van der Waals surface area contributed by atoms with Gasteiger partial charge in [-0.25, -0.2) is 0 Å². The molecule has 10 nitrogen and oxygen atoms in total. The first-order chi connectivity index (χ1) is 26.8. The second-order valence-electron chi connectivity index (χ2n) is 16.9. The highest BCUT2D eigenvalue weighted by molar-refractivity contribution is 6.01. The Morgan fingerprint density at radius 3 is 2.22 bits per heavy atom. The number of aromatic nitrogens is 2. The molecule has 3 aromatic carbocycles. The van der Waals surface area contributed by atoms with Gasteiger partial charge < -0.3 is 19.8 Å². The number of imide groups is 1. The summed E-state index contributed by atoms with van der Waals surface area (Å²) in [5.74, 6) is 0.819. The van der Waals surface area contributed by atoms with Crippen molar-refractivity contribution in [2.24, 2.45) is 17.3 Å². The van der Waals surface area contributed by atoms with E-state index in [9.17, 15) is 19.5 Å². The topological polar surface area (TPSA) is 119 Å². The molecule has 5 heterocycles. The van der Waals surface area contributed by atoms with E-state index in [1.54, 1.807) is 18.3 Å². The summed E-state index contributed by atoms with van der Waals surface area (Å²) in [6, 6.07) is 28.0. The number of aromatic hydroxyl groups is 1. The second kappa shape index (κ2) is 14.5. The van der Waals surface area contributed by atoms with Crippen LogP contribution in [0.25, 0.3) is 11.3 Å². The van der Waals surface area contributed by atoms with Gasteiger partial charge >= 0.3 is 0 Å². The zero-order chi connectivity index (χ0) is 37.6. The van der Waals surface area contributed by atoms with Crippen LogP contribution in [0.3, 0.4) is 0 Å². The number of amides is 2. The fourth-order valence-electron chi connectivity index (χ4n) is 10.5. The number of Topliss-reactive ketones (excluding diaryl/α,β-unsaturated/α-hetero) is 1. The molecule has 1 spiro atoms. The van der Waals surface area contributed by atoms with Gasteiger partial charge in [-0.15, -0.1) is 0 Å².